The van der Waals surface area contributed by atoms with E-state index >= 15 is 0 Å². The molecular formula is C22H22N8O. The molecule has 0 fully saturated rings. The molecule has 1 aliphatic rings. The molecule has 0 aliphatic heterocycles. The van der Waals surface area contributed by atoms with Gasteiger partial charge >= 0.3 is 0 Å². The zero-order chi connectivity index (χ0) is 21.7. The van der Waals surface area contributed by atoms with Crippen LogP contribution in [0.25, 0.3) is 17.1 Å². The van der Waals surface area contributed by atoms with E-state index in [0.717, 1.165) is 39.6 Å². The molecule has 3 aromatic heterocycles. The van der Waals surface area contributed by atoms with Crippen molar-refractivity contribution in [2.24, 2.45) is 7.05 Å². The molecule has 9 heteroatoms. The van der Waals surface area contributed by atoms with Crippen LogP contribution in [0.3, 0.4) is 0 Å². The number of anilines is 3. The predicted octanol–water partition coefficient (Wildman–Crippen LogP) is 3.13. The first-order chi connectivity index (χ1) is 14.9. The lowest BCUT2D eigenvalue weighted by atomic mass is 10.1. The van der Waals surface area contributed by atoms with E-state index in [9.17, 15) is 4.79 Å². The summed E-state index contributed by atoms with van der Waals surface area (Å²) in [6.07, 6.45) is 2.68. The first kappa shape index (κ1) is 19.0. The Morgan fingerprint density at radius 1 is 1.06 bits per heavy atom. The number of aryl methyl sites for hydroxylation is 2. The van der Waals surface area contributed by atoms with Gasteiger partial charge in [0.2, 0.25) is 0 Å². The highest BCUT2D eigenvalue weighted by Gasteiger charge is 2.28. The predicted molar refractivity (Wildman–Crippen MR) is 118 cm³/mol. The van der Waals surface area contributed by atoms with E-state index in [0.29, 0.717) is 30.2 Å². The summed E-state index contributed by atoms with van der Waals surface area (Å²) in [6, 6.07) is 9.47. The standard InChI is InChI=1S/C22H22N8O/c1-12-21(14-4-6-15(23)7-5-14)28-29(3)22(12)26-18-10-19(25-11-24-18)30-16-8-9-17(31)20(16)13(2)27-30/h4-7,10-11H,8-9,23H2,1-3H3,(H,24,25,26). The molecule has 0 spiro atoms. The Morgan fingerprint density at radius 3 is 2.61 bits per heavy atom. The van der Waals surface area contributed by atoms with Crippen molar-refractivity contribution < 1.29 is 4.79 Å². The van der Waals surface area contributed by atoms with Crippen molar-refractivity contribution in [2.45, 2.75) is 26.7 Å². The van der Waals surface area contributed by atoms with Crippen LogP contribution in [0.15, 0.2) is 36.7 Å². The van der Waals surface area contributed by atoms with Crippen LogP contribution in [-0.2, 0) is 13.5 Å². The average Bonchev–Trinajstić information content (AvgIpc) is 3.39. The molecule has 1 aliphatic carbocycles. The fraction of sp³-hybridized carbons (Fsp3) is 0.227. The Balaban J connectivity index is 1.49. The van der Waals surface area contributed by atoms with Crippen LogP contribution in [0.2, 0.25) is 0 Å². The third kappa shape index (κ3) is 3.14. The lowest BCUT2D eigenvalue weighted by Crippen LogP contribution is -2.07. The van der Waals surface area contributed by atoms with Gasteiger partial charge in [-0.25, -0.2) is 14.6 Å². The first-order valence-electron chi connectivity index (χ1n) is 10.0. The van der Waals surface area contributed by atoms with Gasteiger partial charge in [0, 0.05) is 36.3 Å². The maximum absolute atomic E-state index is 12.1. The first-order valence-corrected chi connectivity index (χ1v) is 10.0. The zero-order valence-corrected chi connectivity index (χ0v) is 17.5. The van der Waals surface area contributed by atoms with Crippen LogP contribution in [0.4, 0.5) is 17.3 Å². The normalized spacial score (nSPS) is 12.9. The van der Waals surface area contributed by atoms with E-state index in [4.69, 9.17) is 5.73 Å². The summed E-state index contributed by atoms with van der Waals surface area (Å²) < 4.78 is 3.54. The van der Waals surface area contributed by atoms with Gasteiger partial charge in [0.1, 0.15) is 18.0 Å². The maximum atomic E-state index is 12.1. The molecule has 3 N–H and O–H groups in total. The van der Waals surface area contributed by atoms with Gasteiger partial charge in [0.25, 0.3) is 0 Å². The number of aromatic nitrogens is 6. The monoisotopic (exact) mass is 414 g/mol. The number of nitrogens with zero attached hydrogens (tertiary/aromatic N) is 6. The number of hydrogen-bond acceptors (Lipinski definition) is 7. The number of nitrogen functional groups attached to an aromatic ring is 1. The smallest absolute Gasteiger partial charge is 0.166 e. The lowest BCUT2D eigenvalue weighted by Gasteiger charge is -2.09. The van der Waals surface area contributed by atoms with Crippen LogP contribution < -0.4 is 11.1 Å². The molecule has 0 saturated heterocycles. The van der Waals surface area contributed by atoms with Crippen molar-refractivity contribution in [3.63, 3.8) is 0 Å². The van der Waals surface area contributed by atoms with E-state index in [1.54, 1.807) is 9.36 Å². The molecule has 0 unspecified atom stereocenters. The van der Waals surface area contributed by atoms with Crippen LogP contribution in [0, 0.1) is 13.8 Å². The molecule has 3 heterocycles. The van der Waals surface area contributed by atoms with Crippen molar-refractivity contribution in [1.82, 2.24) is 29.5 Å². The summed E-state index contributed by atoms with van der Waals surface area (Å²) in [4.78, 5) is 20.9. The Morgan fingerprint density at radius 2 is 1.84 bits per heavy atom. The van der Waals surface area contributed by atoms with Gasteiger partial charge < -0.3 is 11.1 Å². The molecule has 1 aromatic carbocycles. The van der Waals surface area contributed by atoms with E-state index in [2.05, 4.69) is 25.5 Å². The van der Waals surface area contributed by atoms with Crippen molar-refractivity contribution in [2.75, 3.05) is 11.1 Å². The Bertz CT molecular complexity index is 1320. The second-order valence-electron chi connectivity index (χ2n) is 7.70. The number of hydrogen-bond donors (Lipinski definition) is 2. The molecule has 0 radical (unpaired) electrons. The molecule has 0 amide bonds. The molecule has 0 saturated carbocycles. The summed E-state index contributed by atoms with van der Waals surface area (Å²) >= 11 is 0. The molecule has 31 heavy (non-hydrogen) atoms. The highest BCUT2D eigenvalue weighted by molar-refractivity contribution is 6.01. The van der Waals surface area contributed by atoms with Gasteiger partial charge in [-0.3, -0.25) is 9.48 Å². The van der Waals surface area contributed by atoms with E-state index in [-0.39, 0.29) is 5.78 Å². The topological polar surface area (TPSA) is 117 Å². The minimum atomic E-state index is 0.145. The highest BCUT2D eigenvalue weighted by Crippen LogP contribution is 2.31. The molecular weight excluding hydrogens is 392 g/mol. The maximum Gasteiger partial charge on any atom is 0.166 e. The van der Waals surface area contributed by atoms with Crippen LogP contribution in [0.5, 0.6) is 0 Å². The average molecular weight is 414 g/mol. The second-order valence-corrected chi connectivity index (χ2v) is 7.70. The van der Waals surface area contributed by atoms with Gasteiger partial charge in [-0.05, 0) is 32.4 Å². The Labute approximate surface area is 178 Å². The fourth-order valence-electron chi connectivity index (χ4n) is 4.09. The molecule has 9 nitrogen and oxygen atoms in total. The summed E-state index contributed by atoms with van der Waals surface area (Å²) in [6.45, 7) is 3.87. The van der Waals surface area contributed by atoms with Gasteiger partial charge in [0.15, 0.2) is 11.6 Å². The number of ketones is 1. The van der Waals surface area contributed by atoms with Crippen LogP contribution >= 0.6 is 0 Å². The number of nitrogens with two attached hydrogens (primary N) is 1. The zero-order valence-electron chi connectivity index (χ0n) is 17.5. The van der Waals surface area contributed by atoms with Gasteiger partial charge in [-0.2, -0.15) is 10.2 Å². The summed E-state index contributed by atoms with van der Waals surface area (Å²) in [5, 5.41) is 12.5. The number of nitrogens with one attached hydrogen (secondary N) is 1. The summed E-state index contributed by atoms with van der Waals surface area (Å²) in [5.41, 5.74) is 11.8. The van der Waals surface area contributed by atoms with Crippen molar-refractivity contribution in [1.29, 1.82) is 0 Å². The minimum absolute atomic E-state index is 0.145. The van der Waals surface area contributed by atoms with Crippen molar-refractivity contribution in [3.05, 3.63) is 59.2 Å². The highest BCUT2D eigenvalue weighted by atomic mass is 16.1. The minimum Gasteiger partial charge on any atom is -0.399 e. The molecule has 0 bridgehead atoms. The SMILES string of the molecule is Cc1nn(-c2cc(Nc3c(C)c(-c4ccc(N)cc4)nn3C)ncn2)c2c1C(=O)CC2. The van der Waals surface area contributed by atoms with Crippen molar-refractivity contribution in [3.8, 4) is 17.1 Å². The van der Waals surface area contributed by atoms with E-state index in [1.807, 2.05) is 51.2 Å². The van der Waals surface area contributed by atoms with E-state index < -0.39 is 0 Å². The third-order valence-electron chi connectivity index (χ3n) is 5.61. The van der Waals surface area contributed by atoms with Crippen LogP contribution in [0.1, 0.15) is 33.7 Å². The quantitative estimate of drug-likeness (QED) is 0.493. The Kier molecular flexibility index (Phi) is 4.32. The Hall–Kier alpha value is -4.01. The number of benzene rings is 1. The van der Waals surface area contributed by atoms with Gasteiger partial charge in [-0.15, -0.1) is 0 Å². The third-order valence-corrected chi connectivity index (χ3v) is 5.61. The number of rotatable bonds is 4. The largest absolute Gasteiger partial charge is 0.399 e. The number of Topliss-reactive ketones (excluding diaryl/α,β-unsaturated/α-hetero) is 1. The van der Waals surface area contributed by atoms with Gasteiger partial charge in [-0.1, -0.05) is 12.1 Å². The number of carbonyl (C=O) groups excluding carboxylic acids is 1. The number of carbonyl (C=O) groups is 1. The lowest BCUT2D eigenvalue weighted by molar-refractivity contribution is 0.0994. The molecule has 0 atom stereocenters. The van der Waals surface area contributed by atoms with Crippen LogP contribution in [-0.4, -0.2) is 35.3 Å². The molecule has 5 rings (SSSR count). The fourth-order valence-corrected chi connectivity index (χ4v) is 4.09. The summed E-state index contributed by atoms with van der Waals surface area (Å²) in [5.74, 6) is 2.21. The second kappa shape index (κ2) is 7.05. The number of fused-ring (bicyclic) bond motifs is 1. The van der Waals surface area contributed by atoms with Gasteiger partial charge in [0.05, 0.1) is 22.6 Å². The molecule has 156 valence electrons. The molecule has 4 aromatic rings. The van der Waals surface area contributed by atoms with E-state index in [1.165, 1.54) is 6.33 Å². The van der Waals surface area contributed by atoms with Crippen molar-refractivity contribution >= 4 is 23.1 Å². The summed E-state index contributed by atoms with van der Waals surface area (Å²) in [7, 11) is 1.88.